The van der Waals surface area contributed by atoms with E-state index in [1.165, 1.54) is 28.7 Å². The summed E-state index contributed by atoms with van der Waals surface area (Å²) in [4.78, 5) is 33.6. The lowest BCUT2D eigenvalue weighted by Gasteiger charge is -2.29. The van der Waals surface area contributed by atoms with Gasteiger partial charge in [0.25, 0.3) is 5.56 Å². The second kappa shape index (κ2) is 9.38. The van der Waals surface area contributed by atoms with Gasteiger partial charge < -0.3 is 9.64 Å². The Labute approximate surface area is 189 Å². The molecule has 1 amide bonds. The summed E-state index contributed by atoms with van der Waals surface area (Å²) in [5.74, 6) is 0.0410. The van der Waals surface area contributed by atoms with E-state index in [-0.39, 0.29) is 16.7 Å². The summed E-state index contributed by atoms with van der Waals surface area (Å²) in [6.45, 7) is 10.4. The van der Waals surface area contributed by atoms with Crippen LogP contribution in [0.2, 0.25) is 0 Å². The summed E-state index contributed by atoms with van der Waals surface area (Å²) in [5.41, 5.74) is 2.96. The highest BCUT2D eigenvalue weighted by Crippen LogP contribution is 2.33. The zero-order valence-electron chi connectivity index (χ0n) is 17.7. The van der Waals surface area contributed by atoms with Crippen LogP contribution in [0.15, 0.2) is 52.3 Å². The molecule has 0 saturated carbocycles. The minimum atomic E-state index is -0.352. The third-order valence-electron chi connectivity index (χ3n) is 5.29. The van der Waals surface area contributed by atoms with Crippen LogP contribution in [0, 0.1) is 6.92 Å². The molecule has 3 aromatic rings. The van der Waals surface area contributed by atoms with Gasteiger partial charge in [0.05, 0.1) is 23.8 Å². The quantitative estimate of drug-likeness (QED) is 0.320. The first-order valence-corrected chi connectivity index (χ1v) is 12.0. The molecule has 1 aliphatic rings. The molecule has 3 heterocycles. The van der Waals surface area contributed by atoms with E-state index in [1.807, 2.05) is 48.4 Å². The molecule has 0 aliphatic carbocycles. The maximum Gasteiger partial charge on any atom is 0.263 e. The van der Waals surface area contributed by atoms with E-state index in [0.29, 0.717) is 48.2 Å². The van der Waals surface area contributed by atoms with Gasteiger partial charge in [0, 0.05) is 30.6 Å². The van der Waals surface area contributed by atoms with E-state index in [9.17, 15) is 9.59 Å². The van der Waals surface area contributed by atoms with Gasteiger partial charge >= 0.3 is 0 Å². The Balaban J connectivity index is 1.71. The van der Waals surface area contributed by atoms with Gasteiger partial charge in [-0.15, -0.1) is 17.9 Å². The molecule has 0 bridgehead atoms. The van der Waals surface area contributed by atoms with E-state index < -0.39 is 0 Å². The highest BCUT2D eigenvalue weighted by atomic mass is 32.2. The van der Waals surface area contributed by atoms with Gasteiger partial charge in [0.2, 0.25) is 5.91 Å². The Bertz CT molecular complexity index is 1160. The standard InChI is InChI=1S/C23H25N3O3S2/c1-4-9-26-22(28)19-18(17-7-5-15(2)6-8-17)14-30-20(19)24-23(26)31-16(3)21(27)25-10-12-29-13-11-25/h4-8,14,16H,1,9-13H2,2-3H3. The number of hydrogen-bond acceptors (Lipinski definition) is 6. The Morgan fingerprint density at radius 2 is 2.03 bits per heavy atom. The van der Waals surface area contributed by atoms with Crippen molar-refractivity contribution < 1.29 is 9.53 Å². The zero-order valence-corrected chi connectivity index (χ0v) is 19.3. The molecule has 4 rings (SSSR count). The fourth-order valence-corrected chi connectivity index (χ4v) is 5.57. The van der Waals surface area contributed by atoms with Crippen LogP contribution in [0.5, 0.6) is 0 Å². The molecule has 1 aliphatic heterocycles. The molecule has 1 atom stereocenters. The Morgan fingerprint density at radius 1 is 1.32 bits per heavy atom. The topological polar surface area (TPSA) is 64.4 Å². The van der Waals surface area contributed by atoms with E-state index in [1.54, 1.807) is 10.6 Å². The van der Waals surface area contributed by atoms with Crippen LogP contribution in [-0.2, 0) is 16.1 Å². The number of amides is 1. The maximum absolute atomic E-state index is 13.5. The second-order valence-electron chi connectivity index (χ2n) is 7.49. The van der Waals surface area contributed by atoms with Crippen molar-refractivity contribution in [1.82, 2.24) is 14.5 Å². The number of thioether (sulfide) groups is 1. The lowest BCUT2D eigenvalue weighted by molar-refractivity contribution is -0.134. The zero-order chi connectivity index (χ0) is 22.0. The van der Waals surface area contributed by atoms with Crippen molar-refractivity contribution in [3.8, 4) is 11.1 Å². The van der Waals surface area contributed by atoms with Gasteiger partial charge in [-0.2, -0.15) is 0 Å². The number of nitrogens with zero attached hydrogens (tertiary/aromatic N) is 3. The van der Waals surface area contributed by atoms with Crippen LogP contribution in [0.25, 0.3) is 21.3 Å². The van der Waals surface area contributed by atoms with Crippen molar-refractivity contribution in [3.63, 3.8) is 0 Å². The number of benzene rings is 1. The average Bonchev–Trinajstić information content (AvgIpc) is 3.21. The predicted octanol–water partition coefficient (Wildman–Crippen LogP) is 3.96. The molecule has 1 fully saturated rings. The summed E-state index contributed by atoms with van der Waals surface area (Å²) in [5, 5.41) is 2.80. The van der Waals surface area contributed by atoms with Gasteiger partial charge in [0.15, 0.2) is 5.16 Å². The fraction of sp³-hybridized carbons (Fsp3) is 0.348. The summed E-state index contributed by atoms with van der Waals surface area (Å²) < 4.78 is 6.96. The van der Waals surface area contributed by atoms with Crippen LogP contribution < -0.4 is 5.56 Å². The third-order valence-corrected chi connectivity index (χ3v) is 7.24. The largest absolute Gasteiger partial charge is 0.378 e. The molecule has 8 heteroatoms. The Hall–Kier alpha value is -2.42. The van der Waals surface area contributed by atoms with Crippen LogP contribution in [-0.4, -0.2) is 51.9 Å². The van der Waals surface area contributed by atoms with Crippen molar-refractivity contribution in [1.29, 1.82) is 0 Å². The SMILES string of the molecule is C=CCn1c(SC(C)C(=O)N2CCOCC2)nc2scc(-c3ccc(C)cc3)c2c1=O. The number of carbonyl (C=O) groups is 1. The molecule has 0 N–H and O–H groups in total. The smallest absolute Gasteiger partial charge is 0.263 e. The molecule has 0 radical (unpaired) electrons. The molecular weight excluding hydrogens is 430 g/mol. The van der Waals surface area contributed by atoms with Gasteiger partial charge in [-0.3, -0.25) is 14.2 Å². The molecule has 31 heavy (non-hydrogen) atoms. The maximum atomic E-state index is 13.5. The number of fused-ring (bicyclic) bond motifs is 1. The van der Waals surface area contributed by atoms with Crippen molar-refractivity contribution in [3.05, 3.63) is 58.2 Å². The number of rotatable bonds is 6. The first-order chi connectivity index (χ1) is 15.0. The van der Waals surface area contributed by atoms with E-state index >= 15 is 0 Å². The van der Waals surface area contributed by atoms with E-state index in [0.717, 1.165) is 11.1 Å². The monoisotopic (exact) mass is 455 g/mol. The molecule has 1 saturated heterocycles. The number of morpholine rings is 1. The predicted molar refractivity (Wildman–Crippen MR) is 127 cm³/mol. The lowest BCUT2D eigenvalue weighted by atomic mass is 10.1. The Kier molecular flexibility index (Phi) is 6.60. The van der Waals surface area contributed by atoms with Gasteiger partial charge in [-0.1, -0.05) is 47.7 Å². The van der Waals surface area contributed by atoms with E-state index in [2.05, 4.69) is 6.58 Å². The normalized spacial score (nSPS) is 15.2. The second-order valence-corrected chi connectivity index (χ2v) is 9.66. The number of aryl methyl sites for hydroxylation is 1. The van der Waals surface area contributed by atoms with Gasteiger partial charge in [-0.25, -0.2) is 4.98 Å². The number of thiophene rings is 1. The van der Waals surface area contributed by atoms with Crippen LogP contribution in [0.1, 0.15) is 12.5 Å². The number of allylic oxidation sites excluding steroid dienone is 1. The number of hydrogen-bond donors (Lipinski definition) is 0. The number of aromatic nitrogens is 2. The van der Waals surface area contributed by atoms with Crippen molar-refractivity contribution in [2.45, 2.75) is 30.8 Å². The molecule has 6 nitrogen and oxygen atoms in total. The molecule has 1 aromatic carbocycles. The molecule has 2 aromatic heterocycles. The first kappa shape index (κ1) is 21.8. The summed E-state index contributed by atoms with van der Waals surface area (Å²) in [6.07, 6.45) is 1.69. The minimum absolute atomic E-state index is 0.0410. The van der Waals surface area contributed by atoms with Crippen LogP contribution >= 0.6 is 23.1 Å². The molecule has 1 unspecified atom stereocenters. The fourth-order valence-electron chi connectivity index (χ4n) is 3.58. The van der Waals surface area contributed by atoms with Crippen molar-refractivity contribution in [2.24, 2.45) is 0 Å². The lowest BCUT2D eigenvalue weighted by Crippen LogP contribution is -2.44. The highest BCUT2D eigenvalue weighted by Gasteiger charge is 2.26. The number of carbonyl (C=O) groups excluding carboxylic acids is 1. The molecule has 0 spiro atoms. The number of ether oxygens (including phenoxy) is 1. The summed E-state index contributed by atoms with van der Waals surface area (Å²) in [6, 6.07) is 8.13. The minimum Gasteiger partial charge on any atom is -0.378 e. The summed E-state index contributed by atoms with van der Waals surface area (Å²) in [7, 11) is 0. The van der Waals surface area contributed by atoms with Gasteiger partial charge in [-0.05, 0) is 19.4 Å². The van der Waals surface area contributed by atoms with Crippen LogP contribution in [0.3, 0.4) is 0 Å². The van der Waals surface area contributed by atoms with Crippen LogP contribution in [0.4, 0.5) is 0 Å². The van der Waals surface area contributed by atoms with Crippen molar-refractivity contribution >= 4 is 39.2 Å². The third kappa shape index (κ3) is 4.46. The summed E-state index contributed by atoms with van der Waals surface area (Å²) >= 11 is 2.78. The first-order valence-electron chi connectivity index (χ1n) is 10.2. The van der Waals surface area contributed by atoms with E-state index in [4.69, 9.17) is 9.72 Å². The average molecular weight is 456 g/mol. The highest BCUT2D eigenvalue weighted by molar-refractivity contribution is 8.00. The molecular formula is C23H25N3O3S2. The van der Waals surface area contributed by atoms with Gasteiger partial charge in [0.1, 0.15) is 4.83 Å². The molecule has 162 valence electrons. The Morgan fingerprint density at radius 3 is 2.71 bits per heavy atom. The van der Waals surface area contributed by atoms with Crippen molar-refractivity contribution in [2.75, 3.05) is 26.3 Å².